The molecule has 1 aliphatic rings. The number of nitrogens with zero attached hydrogens (tertiary/aromatic N) is 2. The maximum absolute atomic E-state index is 13.1. The first kappa shape index (κ1) is 16.0. The topological polar surface area (TPSA) is 59.2 Å². The van der Waals surface area contributed by atoms with Crippen molar-refractivity contribution in [1.82, 2.24) is 9.88 Å². The van der Waals surface area contributed by atoms with Crippen LogP contribution in [0.25, 0.3) is 11.1 Å². The Morgan fingerprint density at radius 2 is 2.04 bits per heavy atom. The fourth-order valence-electron chi connectivity index (χ4n) is 3.45. The average Bonchev–Trinajstić information content (AvgIpc) is 3.11. The Kier molecular flexibility index (Phi) is 4.34. The molecule has 1 aromatic carbocycles. The molecule has 0 aliphatic carbocycles. The standard InChI is InChI=1S/C20H19N3OS/c21-11-18(14-5-2-1-3-6-14)23-10-8-16-17(13-25-19(16)20(23)24)15-7-4-9-22-12-15/h1-7,9,12-13,18H,8,10-11,21H2. The predicted molar refractivity (Wildman–Crippen MR) is 101 cm³/mol. The lowest BCUT2D eigenvalue weighted by Crippen LogP contribution is -2.42. The van der Waals surface area contributed by atoms with Crippen molar-refractivity contribution in [1.29, 1.82) is 0 Å². The molecule has 2 aromatic heterocycles. The second kappa shape index (κ2) is 6.78. The van der Waals surface area contributed by atoms with Crippen LogP contribution in [0.1, 0.15) is 26.8 Å². The number of hydrogen-bond acceptors (Lipinski definition) is 4. The van der Waals surface area contributed by atoms with Crippen molar-refractivity contribution < 1.29 is 4.79 Å². The van der Waals surface area contributed by atoms with Crippen LogP contribution in [-0.2, 0) is 6.42 Å². The molecule has 4 rings (SSSR count). The maximum atomic E-state index is 13.1. The third-order valence-electron chi connectivity index (χ3n) is 4.71. The summed E-state index contributed by atoms with van der Waals surface area (Å²) in [5.74, 6) is 0.0840. The van der Waals surface area contributed by atoms with Gasteiger partial charge in [-0.05, 0) is 34.6 Å². The quantitative estimate of drug-likeness (QED) is 0.784. The van der Waals surface area contributed by atoms with Crippen LogP contribution >= 0.6 is 11.3 Å². The highest BCUT2D eigenvalue weighted by Crippen LogP contribution is 2.37. The Bertz CT molecular complexity index is 876. The van der Waals surface area contributed by atoms with Gasteiger partial charge in [-0.1, -0.05) is 36.4 Å². The number of nitrogens with two attached hydrogens (primary N) is 1. The van der Waals surface area contributed by atoms with Gasteiger partial charge in [0.2, 0.25) is 0 Å². The van der Waals surface area contributed by atoms with Crippen molar-refractivity contribution in [2.45, 2.75) is 12.5 Å². The predicted octanol–water partition coefficient (Wildman–Crippen LogP) is 3.51. The second-order valence-corrected chi connectivity index (χ2v) is 6.99. The van der Waals surface area contributed by atoms with Crippen LogP contribution in [0, 0.1) is 0 Å². The van der Waals surface area contributed by atoms with Crippen LogP contribution in [0.2, 0.25) is 0 Å². The summed E-state index contributed by atoms with van der Waals surface area (Å²) in [6, 6.07) is 13.9. The summed E-state index contributed by atoms with van der Waals surface area (Å²) in [5.41, 5.74) is 10.4. The number of benzene rings is 1. The molecule has 0 saturated carbocycles. The molecule has 1 amide bonds. The van der Waals surface area contributed by atoms with Crippen molar-refractivity contribution >= 4 is 17.2 Å². The summed E-state index contributed by atoms with van der Waals surface area (Å²) in [6.45, 7) is 1.11. The van der Waals surface area contributed by atoms with Gasteiger partial charge in [0.25, 0.3) is 5.91 Å². The van der Waals surface area contributed by atoms with Gasteiger partial charge in [-0.15, -0.1) is 11.3 Å². The van der Waals surface area contributed by atoms with E-state index in [9.17, 15) is 4.79 Å². The van der Waals surface area contributed by atoms with E-state index in [1.165, 1.54) is 11.3 Å². The fraction of sp³-hybridized carbons (Fsp3) is 0.200. The zero-order valence-corrected chi connectivity index (χ0v) is 14.6. The van der Waals surface area contributed by atoms with E-state index in [4.69, 9.17) is 5.73 Å². The van der Waals surface area contributed by atoms with Gasteiger partial charge >= 0.3 is 0 Å². The third kappa shape index (κ3) is 2.86. The van der Waals surface area contributed by atoms with E-state index in [0.29, 0.717) is 13.1 Å². The highest BCUT2D eigenvalue weighted by atomic mass is 32.1. The normalized spacial score (nSPS) is 15.1. The Morgan fingerprint density at radius 1 is 1.20 bits per heavy atom. The lowest BCUT2D eigenvalue weighted by Gasteiger charge is -2.34. The molecule has 0 bridgehead atoms. The van der Waals surface area contributed by atoms with Gasteiger partial charge in [0.15, 0.2) is 0 Å². The van der Waals surface area contributed by atoms with E-state index < -0.39 is 0 Å². The minimum Gasteiger partial charge on any atom is -0.329 e. The summed E-state index contributed by atoms with van der Waals surface area (Å²) >= 11 is 1.52. The van der Waals surface area contributed by atoms with Gasteiger partial charge in [-0.3, -0.25) is 9.78 Å². The summed E-state index contributed by atoms with van der Waals surface area (Å²) in [5, 5.41) is 2.07. The van der Waals surface area contributed by atoms with Gasteiger partial charge in [0.05, 0.1) is 10.9 Å². The van der Waals surface area contributed by atoms with Gasteiger partial charge in [0.1, 0.15) is 0 Å². The van der Waals surface area contributed by atoms with Crippen molar-refractivity contribution in [3.05, 3.63) is 76.2 Å². The van der Waals surface area contributed by atoms with Crippen LogP contribution in [0.15, 0.2) is 60.2 Å². The number of hydrogen-bond donors (Lipinski definition) is 1. The van der Waals surface area contributed by atoms with Crippen molar-refractivity contribution in [2.75, 3.05) is 13.1 Å². The van der Waals surface area contributed by atoms with Crippen LogP contribution in [0.5, 0.6) is 0 Å². The Labute approximate surface area is 150 Å². The summed E-state index contributed by atoms with van der Waals surface area (Å²) < 4.78 is 0. The third-order valence-corrected chi connectivity index (χ3v) is 5.72. The molecule has 3 heterocycles. The van der Waals surface area contributed by atoms with Crippen LogP contribution in [0.4, 0.5) is 0 Å². The number of pyridine rings is 1. The summed E-state index contributed by atoms with van der Waals surface area (Å²) in [4.78, 5) is 20.0. The average molecular weight is 349 g/mol. The van der Waals surface area contributed by atoms with Gasteiger partial charge in [-0.25, -0.2) is 0 Å². The molecule has 0 saturated heterocycles. The first-order valence-corrected chi connectivity index (χ1v) is 9.24. The molecule has 0 fully saturated rings. The monoisotopic (exact) mass is 349 g/mol. The molecule has 4 nitrogen and oxygen atoms in total. The molecule has 2 N–H and O–H groups in total. The van der Waals surface area contributed by atoms with Gasteiger partial charge in [-0.2, -0.15) is 0 Å². The number of fused-ring (bicyclic) bond motifs is 1. The lowest BCUT2D eigenvalue weighted by molar-refractivity contribution is 0.0670. The zero-order chi connectivity index (χ0) is 17.2. The van der Waals surface area contributed by atoms with Crippen LogP contribution < -0.4 is 5.73 Å². The first-order chi connectivity index (χ1) is 12.3. The first-order valence-electron chi connectivity index (χ1n) is 8.36. The number of carbonyl (C=O) groups is 1. The molecule has 5 heteroatoms. The fourth-order valence-corrected chi connectivity index (χ4v) is 4.54. The molecular formula is C20H19N3OS. The van der Waals surface area contributed by atoms with E-state index >= 15 is 0 Å². The Hall–Kier alpha value is -2.50. The minimum absolute atomic E-state index is 0.0780. The summed E-state index contributed by atoms with van der Waals surface area (Å²) in [6.07, 6.45) is 4.46. The lowest BCUT2D eigenvalue weighted by atomic mass is 9.96. The molecule has 25 heavy (non-hydrogen) atoms. The molecule has 3 aromatic rings. The number of rotatable bonds is 4. The number of thiophene rings is 1. The summed E-state index contributed by atoms with van der Waals surface area (Å²) in [7, 11) is 0. The number of aromatic nitrogens is 1. The minimum atomic E-state index is -0.0780. The van der Waals surface area contributed by atoms with Gasteiger partial charge in [0, 0.05) is 31.0 Å². The van der Waals surface area contributed by atoms with E-state index in [1.807, 2.05) is 53.6 Å². The smallest absolute Gasteiger partial charge is 0.264 e. The molecular weight excluding hydrogens is 330 g/mol. The SMILES string of the molecule is NCC(c1ccccc1)N1CCc2c(-c3cccnc3)csc2C1=O. The number of amides is 1. The molecule has 0 radical (unpaired) electrons. The van der Waals surface area contributed by atoms with E-state index in [1.54, 1.807) is 6.20 Å². The number of carbonyl (C=O) groups excluding carboxylic acids is 1. The second-order valence-electron chi connectivity index (χ2n) is 6.11. The van der Waals surface area contributed by atoms with Gasteiger partial charge < -0.3 is 10.6 Å². The molecule has 1 unspecified atom stereocenters. The van der Waals surface area contributed by atoms with Crippen molar-refractivity contribution in [3.63, 3.8) is 0 Å². The molecule has 1 aliphatic heterocycles. The zero-order valence-electron chi connectivity index (χ0n) is 13.8. The molecule has 1 atom stereocenters. The highest BCUT2D eigenvalue weighted by molar-refractivity contribution is 7.12. The highest BCUT2D eigenvalue weighted by Gasteiger charge is 2.32. The maximum Gasteiger partial charge on any atom is 0.264 e. The van der Waals surface area contributed by atoms with Crippen LogP contribution in [-0.4, -0.2) is 28.9 Å². The van der Waals surface area contributed by atoms with E-state index in [2.05, 4.69) is 10.4 Å². The van der Waals surface area contributed by atoms with E-state index in [0.717, 1.165) is 33.6 Å². The van der Waals surface area contributed by atoms with Crippen molar-refractivity contribution in [2.24, 2.45) is 5.73 Å². The van der Waals surface area contributed by atoms with Crippen LogP contribution in [0.3, 0.4) is 0 Å². The molecule has 0 spiro atoms. The van der Waals surface area contributed by atoms with E-state index in [-0.39, 0.29) is 11.9 Å². The Morgan fingerprint density at radius 3 is 2.76 bits per heavy atom. The largest absolute Gasteiger partial charge is 0.329 e. The van der Waals surface area contributed by atoms with Crippen molar-refractivity contribution in [3.8, 4) is 11.1 Å². The Balaban J connectivity index is 1.67. The molecule has 126 valence electrons.